The predicted molar refractivity (Wildman–Crippen MR) is 80.8 cm³/mol. The number of nitrogens with two attached hydrogens (primary N) is 1. The highest BCUT2D eigenvalue weighted by molar-refractivity contribution is 9.10. The van der Waals surface area contributed by atoms with Crippen molar-refractivity contribution in [1.82, 2.24) is 0 Å². The van der Waals surface area contributed by atoms with E-state index in [2.05, 4.69) is 37.0 Å². The maximum absolute atomic E-state index is 14.2. The van der Waals surface area contributed by atoms with Gasteiger partial charge in [0.2, 0.25) is 0 Å². The lowest BCUT2D eigenvalue weighted by molar-refractivity contribution is 0.318. The molecule has 0 bridgehead atoms. The predicted octanol–water partition coefficient (Wildman–Crippen LogP) is 4.24. The Balaban J connectivity index is 2.37. The van der Waals surface area contributed by atoms with Gasteiger partial charge < -0.3 is 15.7 Å². The van der Waals surface area contributed by atoms with Crippen LogP contribution in [-0.2, 0) is 0 Å². The number of halogens is 3. The molecule has 0 radical (unpaired) electrons. The summed E-state index contributed by atoms with van der Waals surface area (Å²) in [6.45, 7) is 0. The third-order valence-electron chi connectivity index (χ3n) is 2.45. The lowest BCUT2D eigenvalue weighted by Gasteiger charge is -2.10. The molecule has 0 atom stereocenters. The van der Waals surface area contributed by atoms with Crippen molar-refractivity contribution < 1.29 is 14.3 Å². The number of ether oxygens (including phenoxy) is 1. The summed E-state index contributed by atoms with van der Waals surface area (Å²) in [4.78, 5) is 0. The zero-order valence-electron chi connectivity index (χ0n) is 9.98. The molecule has 0 fully saturated rings. The minimum atomic E-state index is -0.630. The molecule has 0 aliphatic heterocycles. The van der Waals surface area contributed by atoms with Crippen LogP contribution >= 0.6 is 31.9 Å². The van der Waals surface area contributed by atoms with Crippen molar-refractivity contribution in [1.29, 1.82) is 0 Å². The summed E-state index contributed by atoms with van der Waals surface area (Å²) in [5.74, 6) is -0.301. The Kier molecular flexibility index (Phi) is 4.61. The first kappa shape index (κ1) is 14.8. The van der Waals surface area contributed by atoms with Crippen molar-refractivity contribution in [2.75, 3.05) is 0 Å². The number of rotatable bonds is 3. The van der Waals surface area contributed by atoms with Gasteiger partial charge >= 0.3 is 0 Å². The zero-order valence-corrected chi connectivity index (χ0v) is 13.2. The van der Waals surface area contributed by atoms with Gasteiger partial charge in [-0.2, -0.15) is 0 Å². The Morgan fingerprint density at radius 1 is 1.25 bits per heavy atom. The first-order chi connectivity index (χ1) is 9.52. The van der Waals surface area contributed by atoms with E-state index in [0.717, 1.165) is 4.47 Å². The van der Waals surface area contributed by atoms with E-state index in [4.69, 9.17) is 15.7 Å². The van der Waals surface area contributed by atoms with Gasteiger partial charge in [-0.15, -0.1) is 0 Å². The molecule has 0 saturated heterocycles. The van der Waals surface area contributed by atoms with E-state index in [-0.39, 0.29) is 21.6 Å². The first-order valence-electron chi connectivity index (χ1n) is 5.42. The smallest absolute Gasteiger partial charge is 0.180 e. The monoisotopic (exact) mass is 402 g/mol. The maximum atomic E-state index is 14.2. The molecule has 0 aliphatic rings. The molecular formula is C13H9Br2FN2O2. The van der Waals surface area contributed by atoms with E-state index < -0.39 is 5.82 Å². The van der Waals surface area contributed by atoms with Crippen LogP contribution in [0, 0.1) is 5.82 Å². The summed E-state index contributed by atoms with van der Waals surface area (Å²) >= 11 is 6.37. The molecule has 0 spiro atoms. The van der Waals surface area contributed by atoms with E-state index >= 15 is 0 Å². The maximum Gasteiger partial charge on any atom is 0.180 e. The molecule has 20 heavy (non-hydrogen) atoms. The molecule has 0 aromatic heterocycles. The van der Waals surface area contributed by atoms with E-state index in [1.807, 2.05) is 6.07 Å². The van der Waals surface area contributed by atoms with Crippen LogP contribution in [0.2, 0.25) is 0 Å². The topological polar surface area (TPSA) is 67.8 Å². The second kappa shape index (κ2) is 6.23. The highest BCUT2D eigenvalue weighted by atomic mass is 79.9. The molecule has 0 unspecified atom stereocenters. The van der Waals surface area contributed by atoms with Crippen LogP contribution in [-0.4, -0.2) is 11.0 Å². The van der Waals surface area contributed by atoms with Crippen LogP contribution in [0.15, 0.2) is 50.5 Å². The minimum absolute atomic E-state index is 0.0319. The van der Waals surface area contributed by atoms with E-state index in [1.54, 1.807) is 18.2 Å². The van der Waals surface area contributed by atoms with Gasteiger partial charge in [-0.1, -0.05) is 27.2 Å². The highest BCUT2D eigenvalue weighted by Crippen LogP contribution is 2.32. The molecule has 0 heterocycles. The van der Waals surface area contributed by atoms with Crippen LogP contribution in [0.4, 0.5) is 4.39 Å². The van der Waals surface area contributed by atoms with Gasteiger partial charge in [-0.25, -0.2) is 4.39 Å². The van der Waals surface area contributed by atoms with Crippen LogP contribution < -0.4 is 10.5 Å². The third-order valence-corrected chi connectivity index (χ3v) is 3.72. The number of hydrogen-bond acceptors (Lipinski definition) is 3. The summed E-state index contributed by atoms with van der Waals surface area (Å²) in [5, 5.41) is 11.5. The Hall–Kier alpha value is -1.60. The fourth-order valence-electron chi connectivity index (χ4n) is 1.52. The van der Waals surface area contributed by atoms with Crippen molar-refractivity contribution in [2.24, 2.45) is 10.9 Å². The average Bonchev–Trinajstić information content (AvgIpc) is 2.43. The molecule has 4 nitrogen and oxygen atoms in total. The van der Waals surface area contributed by atoms with Crippen LogP contribution in [0.25, 0.3) is 0 Å². The molecule has 7 heteroatoms. The molecule has 0 aliphatic carbocycles. The molecule has 0 amide bonds. The molecule has 2 aromatic carbocycles. The Labute approximate surface area is 131 Å². The van der Waals surface area contributed by atoms with Gasteiger partial charge in [0.15, 0.2) is 17.4 Å². The fourth-order valence-corrected chi connectivity index (χ4v) is 2.43. The standard InChI is InChI=1S/C13H9Br2FN2O2/c14-7-2-1-3-8(6-7)20-10-5-4-9(13(17)18-19)11(15)12(10)16/h1-6,19H,(H2,17,18). The van der Waals surface area contributed by atoms with Gasteiger partial charge in [0.1, 0.15) is 5.75 Å². The van der Waals surface area contributed by atoms with Gasteiger partial charge in [-0.3, -0.25) is 0 Å². The Morgan fingerprint density at radius 2 is 2.00 bits per heavy atom. The largest absolute Gasteiger partial charge is 0.454 e. The van der Waals surface area contributed by atoms with E-state index in [0.29, 0.717) is 5.75 Å². The SMILES string of the molecule is N/C(=N/O)c1ccc(Oc2cccc(Br)c2)c(F)c1Br. The van der Waals surface area contributed by atoms with Gasteiger partial charge in [0.25, 0.3) is 0 Å². The minimum Gasteiger partial charge on any atom is -0.454 e. The quantitative estimate of drug-likeness (QED) is 0.348. The summed E-state index contributed by atoms with van der Waals surface area (Å²) in [5.41, 5.74) is 5.69. The first-order valence-corrected chi connectivity index (χ1v) is 7.01. The molecular weight excluding hydrogens is 395 g/mol. The summed E-state index contributed by atoms with van der Waals surface area (Å²) in [6, 6.07) is 9.93. The van der Waals surface area contributed by atoms with Gasteiger partial charge in [0.05, 0.1) is 4.47 Å². The third kappa shape index (κ3) is 3.10. The lowest BCUT2D eigenvalue weighted by atomic mass is 10.2. The summed E-state index contributed by atoms with van der Waals surface area (Å²) < 4.78 is 20.5. The van der Waals surface area contributed by atoms with Crippen LogP contribution in [0.5, 0.6) is 11.5 Å². The fraction of sp³-hybridized carbons (Fsp3) is 0. The number of nitrogens with zero attached hydrogens (tertiary/aromatic N) is 1. The number of oxime groups is 1. The van der Waals surface area contributed by atoms with Crippen LogP contribution in [0.1, 0.15) is 5.56 Å². The second-order valence-corrected chi connectivity index (χ2v) is 5.49. The zero-order chi connectivity index (χ0) is 14.7. The number of hydrogen-bond donors (Lipinski definition) is 2. The van der Waals surface area contributed by atoms with Crippen molar-refractivity contribution >= 4 is 37.7 Å². The molecule has 2 aromatic rings. The van der Waals surface area contributed by atoms with Crippen molar-refractivity contribution in [2.45, 2.75) is 0 Å². The second-order valence-electron chi connectivity index (χ2n) is 3.78. The Bertz CT molecular complexity index is 677. The van der Waals surface area contributed by atoms with E-state index in [1.165, 1.54) is 12.1 Å². The molecule has 3 N–H and O–H groups in total. The highest BCUT2D eigenvalue weighted by Gasteiger charge is 2.15. The van der Waals surface area contributed by atoms with Crippen molar-refractivity contribution in [3.8, 4) is 11.5 Å². The summed E-state index contributed by atoms with van der Waals surface area (Å²) in [6.07, 6.45) is 0. The van der Waals surface area contributed by atoms with Gasteiger partial charge in [-0.05, 0) is 46.3 Å². The molecule has 2 rings (SSSR count). The van der Waals surface area contributed by atoms with Crippen molar-refractivity contribution in [3.63, 3.8) is 0 Å². The van der Waals surface area contributed by atoms with E-state index in [9.17, 15) is 4.39 Å². The number of benzene rings is 2. The Morgan fingerprint density at radius 3 is 2.65 bits per heavy atom. The normalized spacial score (nSPS) is 11.4. The van der Waals surface area contributed by atoms with Crippen molar-refractivity contribution in [3.05, 3.63) is 56.7 Å². The summed E-state index contributed by atoms with van der Waals surface area (Å²) in [7, 11) is 0. The van der Waals surface area contributed by atoms with Gasteiger partial charge in [0, 0.05) is 10.0 Å². The van der Waals surface area contributed by atoms with Crippen LogP contribution in [0.3, 0.4) is 0 Å². The lowest BCUT2D eigenvalue weighted by Crippen LogP contribution is -2.14. The average molecular weight is 404 g/mol. The number of amidine groups is 1. The molecule has 0 saturated carbocycles. The molecule has 104 valence electrons.